The zero-order chi connectivity index (χ0) is 17.7. The van der Waals surface area contributed by atoms with Crippen LogP contribution in [-0.2, 0) is 14.3 Å². The van der Waals surface area contributed by atoms with Gasteiger partial charge in [-0.15, -0.1) is 0 Å². The number of esters is 1. The maximum absolute atomic E-state index is 12.2. The van der Waals surface area contributed by atoms with Crippen molar-refractivity contribution in [1.82, 2.24) is 4.90 Å². The van der Waals surface area contributed by atoms with Gasteiger partial charge in [0.1, 0.15) is 0 Å². The molecule has 2 rings (SSSR count). The summed E-state index contributed by atoms with van der Waals surface area (Å²) in [5, 5.41) is 0. The number of carbonyl (C=O) groups excluding carboxylic acids is 2. The van der Waals surface area contributed by atoms with E-state index in [9.17, 15) is 9.59 Å². The summed E-state index contributed by atoms with van der Waals surface area (Å²) in [5.74, 6) is 0.125. The van der Waals surface area contributed by atoms with E-state index in [1.807, 2.05) is 13.8 Å². The lowest BCUT2D eigenvalue weighted by Crippen LogP contribution is -2.49. The van der Waals surface area contributed by atoms with Crippen molar-refractivity contribution < 1.29 is 28.5 Å². The van der Waals surface area contributed by atoms with Gasteiger partial charge < -0.3 is 23.8 Å². The first-order valence-corrected chi connectivity index (χ1v) is 7.77. The van der Waals surface area contributed by atoms with Gasteiger partial charge in [0.2, 0.25) is 0 Å². The lowest BCUT2D eigenvalue weighted by molar-refractivity contribution is -0.146. The highest BCUT2D eigenvalue weighted by Crippen LogP contribution is 2.27. The molecule has 7 heteroatoms. The molecule has 0 bridgehead atoms. The molecule has 24 heavy (non-hydrogen) atoms. The lowest BCUT2D eigenvalue weighted by Gasteiger charge is -2.35. The number of carbonyl (C=O) groups is 2. The van der Waals surface area contributed by atoms with Gasteiger partial charge in [-0.2, -0.15) is 0 Å². The molecular formula is C17H23NO6. The van der Waals surface area contributed by atoms with Crippen molar-refractivity contribution in [3.63, 3.8) is 0 Å². The maximum atomic E-state index is 12.2. The molecule has 1 aromatic rings. The van der Waals surface area contributed by atoms with E-state index >= 15 is 0 Å². The smallest absolute Gasteiger partial charge is 0.338 e. The monoisotopic (exact) mass is 337 g/mol. The molecule has 0 radical (unpaired) electrons. The van der Waals surface area contributed by atoms with Crippen LogP contribution in [0.15, 0.2) is 18.2 Å². The van der Waals surface area contributed by atoms with Crippen molar-refractivity contribution in [2.45, 2.75) is 26.1 Å². The third-order valence-corrected chi connectivity index (χ3v) is 3.72. The minimum atomic E-state index is -0.585. The summed E-state index contributed by atoms with van der Waals surface area (Å²) >= 11 is 0. The summed E-state index contributed by atoms with van der Waals surface area (Å²) < 4.78 is 21.0. The number of rotatable bonds is 5. The highest BCUT2D eigenvalue weighted by atomic mass is 16.5. The highest BCUT2D eigenvalue weighted by Gasteiger charge is 2.26. The molecule has 0 spiro atoms. The molecule has 1 saturated heterocycles. The van der Waals surface area contributed by atoms with Crippen LogP contribution in [0.5, 0.6) is 11.5 Å². The van der Waals surface area contributed by atoms with Gasteiger partial charge in [0, 0.05) is 13.1 Å². The fraction of sp³-hybridized carbons (Fsp3) is 0.529. The molecule has 1 aromatic carbocycles. The Kier molecular flexibility index (Phi) is 6.03. The van der Waals surface area contributed by atoms with Gasteiger partial charge in [-0.25, -0.2) is 4.79 Å². The van der Waals surface area contributed by atoms with Crippen LogP contribution >= 0.6 is 0 Å². The Morgan fingerprint density at radius 2 is 1.75 bits per heavy atom. The van der Waals surface area contributed by atoms with E-state index in [-0.39, 0.29) is 24.7 Å². The highest BCUT2D eigenvalue weighted by molar-refractivity contribution is 5.92. The third kappa shape index (κ3) is 4.38. The molecule has 0 aromatic heterocycles. The zero-order valence-electron chi connectivity index (χ0n) is 14.4. The Bertz CT molecular complexity index is 593. The van der Waals surface area contributed by atoms with Crippen LogP contribution in [0.1, 0.15) is 24.2 Å². The van der Waals surface area contributed by atoms with Crippen LogP contribution in [0, 0.1) is 0 Å². The quantitative estimate of drug-likeness (QED) is 0.758. The number of nitrogens with zero attached hydrogens (tertiary/aromatic N) is 1. The molecule has 1 heterocycles. The van der Waals surface area contributed by atoms with Gasteiger partial charge in [0.15, 0.2) is 18.1 Å². The van der Waals surface area contributed by atoms with Gasteiger partial charge in [-0.05, 0) is 32.0 Å². The fourth-order valence-electron chi connectivity index (χ4n) is 2.65. The van der Waals surface area contributed by atoms with Gasteiger partial charge >= 0.3 is 5.97 Å². The molecule has 0 saturated carbocycles. The summed E-state index contributed by atoms with van der Waals surface area (Å²) in [6.45, 7) is 4.51. The Morgan fingerprint density at radius 3 is 2.33 bits per heavy atom. The van der Waals surface area contributed by atoms with Gasteiger partial charge in [0.05, 0.1) is 32.0 Å². The standard InChI is InChI=1S/C17H23NO6/c1-11-8-18(9-12(2)24-11)16(19)10-23-17(20)13-5-6-14(21-3)15(7-13)22-4/h5-7,11-12H,8-10H2,1-4H3/t11-,12+. The first-order valence-electron chi connectivity index (χ1n) is 7.77. The summed E-state index contributed by atoms with van der Waals surface area (Å²) in [7, 11) is 3.00. The third-order valence-electron chi connectivity index (χ3n) is 3.72. The molecule has 2 atom stereocenters. The van der Waals surface area contributed by atoms with Crippen molar-refractivity contribution in [1.29, 1.82) is 0 Å². The summed E-state index contributed by atoms with van der Waals surface area (Å²) in [4.78, 5) is 26.0. The first-order chi connectivity index (χ1) is 11.4. The normalized spacial score (nSPS) is 20.4. The van der Waals surface area contributed by atoms with E-state index in [2.05, 4.69) is 0 Å². The minimum absolute atomic E-state index is 0.0285. The molecule has 7 nitrogen and oxygen atoms in total. The van der Waals surface area contributed by atoms with E-state index in [0.29, 0.717) is 30.2 Å². The maximum Gasteiger partial charge on any atom is 0.338 e. The van der Waals surface area contributed by atoms with Gasteiger partial charge in [0.25, 0.3) is 5.91 Å². The van der Waals surface area contributed by atoms with E-state index in [1.54, 1.807) is 17.0 Å². The minimum Gasteiger partial charge on any atom is -0.493 e. The largest absolute Gasteiger partial charge is 0.493 e. The Hall–Kier alpha value is -2.28. The number of ether oxygens (including phenoxy) is 4. The molecular weight excluding hydrogens is 314 g/mol. The van der Waals surface area contributed by atoms with E-state index in [4.69, 9.17) is 18.9 Å². The second-order valence-corrected chi connectivity index (χ2v) is 5.70. The predicted octanol–water partition coefficient (Wildman–Crippen LogP) is 1.50. The van der Waals surface area contributed by atoms with Crippen molar-refractivity contribution >= 4 is 11.9 Å². The van der Waals surface area contributed by atoms with Crippen LogP contribution in [0.4, 0.5) is 0 Å². The number of amides is 1. The first kappa shape index (κ1) is 18.1. The van der Waals surface area contributed by atoms with Crippen molar-refractivity contribution in [3.05, 3.63) is 23.8 Å². The van der Waals surface area contributed by atoms with Crippen LogP contribution < -0.4 is 9.47 Å². The summed E-state index contributed by atoms with van der Waals surface area (Å²) in [6.07, 6.45) is -0.0569. The molecule has 1 aliphatic heterocycles. The van der Waals surface area contributed by atoms with Crippen molar-refractivity contribution in [3.8, 4) is 11.5 Å². The van der Waals surface area contributed by atoms with Gasteiger partial charge in [-0.3, -0.25) is 4.79 Å². The van der Waals surface area contributed by atoms with Crippen LogP contribution in [0.3, 0.4) is 0 Å². The number of morpholine rings is 1. The Balaban J connectivity index is 1.94. The van der Waals surface area contributed by atoms with Gasteiger partial charge in [-0.1, -0.05) is 0 Å². The van der Waals surface area contributed by atoms with E-state index in [1.165, 1.54) is 20.3 Å². The number of hydrogen-bond acceptors (Lipinski definition) is 6. The topological polar surface area (TPSA) is 74.3 Å². The van der Waals surface area contributed by atoms with Crippen LogP contribution in [0.25, 0.3) is 0 Å². The SMILES string of the molecule is COc1ccc(C(=O)OCC(=O)N2C[C@@H](C)O[C@@H](C)C2)cc1OC. The van der Waals surface area contributed by atoms with Crippen molar-refractivity contribution in [2.75, 3.05) is 33.9 Å². The number of hydrogen-bond donors (Lipinski definition) is 0. The molecule has 0 N–H and O–H groups in total. The summed E-state index contributed by atoms with van der Waals surface area (Å²) in [5.41, 5.74) is 0.296. The molecule has 0 aliphatic carbocycles. The lowest BCUT2D eigenvalue weighted by atomic mass is 10.2. The zero-order valence-corrected chi connectivity index (χ0v) is 14.4. The molecule has 132 valence electrons. The molecule has 1 fully saturated rings. The Morgan fingerprint density at radius 1 is 1.12 bits per heavy atom. The van der Waals surface area contributed by atoms with Crippen LogP contribution in [-0.4, -0.2) is 62.9 Å². The van der Waals surface area contributed by atoms with E-state index < -0.39 is 5.97 Å². The summed E-state index contributed by atoms with van der Waals surface area (Å²) in [6, 6.07) is 4.69. The number of benzene rings is 1. The van der Waals surface area contributed by atoms with E-state index in [0.717, 1.165) is 0 Å². The molecule has 1 amide bonds. The predicted molar refractivity (Wildman–Crippen MR) is 86.4 cm³/mol. The second-order valence-electron chi connectivity index (χ2n) is 5.70. The fourth-order valence-corrected chi connectivity index (χ4v) is 2.65. The second kappa shape index (κ2) is 8.01. The average molecular weight is 337 g/mol. The van der Waals surface area contributed by atoms with Crippen molar-refractivity contribution in [2.24, 2.45) is 0 Å². The average Bonchev–Trinajstić information content (AvgIpc) is 2.57. The Labute approximate surface area is 141 Å². The number of methoxy groups -OCH3 is 2. The molecule has 0 unspecified atom stereocenters. The van der Waals surface area contributed by atoms with Crippen LogP contribution in [0.2, 0.25) is 0 Å². The molecule has 1 aliphatic rings.